The number of halogens is 3. The smallest absolute Gasteiger partial charge is 0.248 e. The van der Waals surface area contributed by atoms with Gasteiger partial charge in [-0.15, -0.1) is 0 Å². The van der Waals surface area contributed by atoms with Crippen molar-refractivity contribution in [3.63, 3.8) is 0 Å². The highest BCUT2D eigenvalue weighted by Crippen LogP contribution is 2.38. The van der Waals surface area contributed by atoms with Crippen LogP contribution >= 0.6 is 0 Å². The summed E-state index contributed by atoms with van der Waals surface area (Å²) in [5, 5.41) is 7.62. The summed E-state index contributed by atoms with van der Waals surface area (Å²) in [6.07, 6.45) is 2.12. The minimum Gasteiger partial charge on any atom is -0.355 e. The van der Waals surface area contributed by atoms with E-state index < -0.39 is 41.7 Å². The Labute approximate surface area is 157 Å². The van der Waals surface area contributed by atoms with Crippen molar-refractivity contribution in [3.05, 3.63) is 71.2 Å². The molecule has 1 unspecified atom stereocenters. The van der Waals surface area contributed by atoms with Crippen LogP contribution in [0, 0.1) is 29.9 Å². The summed E-state index contributed by atoms with van der Waals surface area (Å²) in [6, 6.07) is 2.76. The highest BCUT2D eigenvalue weighted by Gasteiger charge is 2.41. The third-order valence-corrected chi connectivity index (χ3v) is 4.63. The Morgan fingerprint density at radius 3 is 2.78 bits per heavy atom. The Balaban J connectivity index is 0.00000210. The maximum Gasteiger partial charge on any atom is 0.248 e. The summed E-state index contributed by atoms with van der Waals surface area (Å²) in [5.74, 6) is -3.25. The summed E-state index contributed by atoms with van der Waals surface area (Å²) in [6.45, 7) is 3.14. The van der Waals surface area contributed by atoms with Crippen LogP contribution < -0.4 is 16.0 Å². The van der Waals surface area contributed by atoms with E-state index in [1.165, 1.54) is 12.3 Å². The summed E-state index contributed by atoms with van der Waals surface area (Å²) >= 11 is 0. The lowest BCUT2D eigenvalue weighted by Crippen LogP contribution is -2.45. The van der Waals surface area contributed by atoms with Gasteiger partial charge in [0.2, 0.25) is 18.1 Å². The zero-order chi connectivity index (χ0) is 19.7. The molecular weight excluding hydrogens is 359 g/mol. The molecule has 2 aliphatic rings. The monoisotopic (exact) mass is 381 g/mol. The second kappa shape index (κ2) is 7.46. The topological polar surface area (TPSA) is 70.2 Å². The van der Waals surface area contributed by atoms with Crippen molar-refractivity contribution in [1.82, 2.24) is 16.0 Å². The number of amides is 2. The number of rotatable bonds is 4. The molecule has 0 saturated carbocycles. The molecule has 2 atom stereocenters. The summed E-state index contributed by atoms with van der Waals surface area (Å²) in [7, 11) is 0. The third kappa shape index (κ3) is 3.84. The van der Waals surface area contributed by atoms with E-state index in [2.05, 4.69) is 16.0 Å². The van der Waals surface area contributed by atoms with Crippen molar-refractivity contribution in [2.75, 3.05) is 0 Å². The van der Waals surface area contributed by atoms with Crippen molar-refractivity contribution in [2.45, 2.75) is 26.3 Å². The Morgan fingerprint density at radius 2 is 2.07 bits per heavy atom. The van der Waals surface area contributed by atoms with E-state index in [4.69, 9.17) is 0 Å². The first-order valence-corrected chi connectivity index (χ1v) is 8.35. The summed E-state index contributed by atoms with van der Waals surface area (Å²) < 4.78 is 40.9. The highest BCUT2D eigenvalue weighted by molar-refractivity contribution is 6.01. The number of nitrogens with one attached hydrogen (secondary N) is 3. The number of carbonyl (C=O) groups is 2. The van der Waals surface area contributed by atoms with Crippen LogP contribution in [0.15, 0.2) is 41.6 Å². The van der Waals surface area contributed by atoms with E-state index in [0.29, 0.717) is 11.6 Å². The zero-order valence-electron chi connectivity index (χ0n) is 14.7. The maximum absolute atomic E-state index is 14.1. The summed E-state index contributed by atoms with van der Waals surface area (Å²) in [4.78, 5) is 24.6. The molecule has 1 aromatic carbocycles. The van der Waals surface area contributed by atoms with Gasteiger partial charge in [-0.3, -0.25) is 9.59 Å². The molecule has 2 radical (unpaired) electrons. The van der Waals surface area contributed by atoms with Crippen LogP contribution in [-0.2, 0) is 9.59 Å². The molecule has 0 spiro atoms. The van der Waals surface area contributed by atoms with Gasteiger partial charge in [0.1, 0.15) is 11.6 Å². The molecule has 27 heavy (non-hydrogen) atoms. The fourth-order valence-corrected chi connectivity index (χ4v) is 3.23. The lowest BCUT2D eigenvalue weighted by atomic mass is 9.82. The molecule has 2 aliphatic heterocycles. The molecule has 0 saturated heterocycles. The number of carbonyl (C=O) groups excluding carboxylic acids is 2. The van der Waals surface area contributed by atoms with Crippen molar-refractivity contribution >= 4 is 11.8 Å². The molecule has 0 aliphatic carbocycles. The first kappa shape index (κ1) is 19.0. The van der Waals surface area contributed by atoms with Crippen LogP contribution in [0.1, 0.15) is 34.7 Å². The quantitative estimate of drug-likeness (QED) is 0.702. The predicted molar refractivity (Wildman–Crippen MR) is 96.0 cm³/mol. The molecule has 0 bridgehead atoms. The molecule has 5 nitrogen and oxygen atoms in total. The Hall–Kier alpha value is -2.77. The van der Waals surface area contributed by atoms with Gasteiger partial charge in [-0.05, 0) is 32.2 Å². The number of fused-ring (bicyclic) bond motifs is 1. The molecule has 1 aromatic rings. The van der Waals surface area contributed by atoms with Gasteiger partial charge >= 0.3 is 0 Å². The van der Waals surface area contributed by atoms with Crippen LogP contribution in [0.5, 0.6) is 0 Å². The standard InChI is InChI=1S/C19H18F3N3O2.2H2/c1-9-13(19(27)25-15-5-6-23-18(22)17(9)15)8-16(26)24-10(2)12-4-3-11(20)7-14(12)21;;/h3-7,10,17,23H,8H2,1-2H3,(H,24,26)(H,25,27);2*1H/t10-,17?;;/m0../s1. The van der Waals surface area contributed by atoms with Gasteiger partial charge < -0.3 is 16.0 Å². The molecule has 3 rings (SSSR count). The van der Waals surface area contributed by atoms with Gasteiger partial charge in [0.05, 0.1) is 24.4 Å². The van der Waals surface area contributed by atoms with Crippen molar-refractivity contribution in [1.29, 1.82) is 0 Å². The number of benzene rings is 1. The molecular formula is C19H22F3N3O2. The van der Waals surface area contributed by atoms with E-state index in [1.807, 2.05) is 0 Å². The molecule has 2 heterocycles. The number of hydrogen-bond donors (Lipinski definition) is 3. The maximum atomic E-state index is 14.1. The fraction of sp³-hybridized carbons (Fsp3) is 0.263. The first-order valence-electron chi connectivity index (χ1n) is 8.35. The minimum atomic E-state index is -0.774. The summed E-state index contributed by atoms with van der Waals surface area (Å²) in [5.41, 5.74) is 0.708. The average molecular weight is 381 g/mol. The molecule has 3 N–H and O–H groups in total. The first-order chi connectivity index (χ1) is 12.8. The van der Waals surface area contributed by atoms with Gasteiger partial charge in [0.25, 0.3) is 0 Å². The Kier molecular flexibility index (Phi) is 5.25. The van der Waals surface area contributed by atoms with E-state index in [-0.39, 0.29) is 20.4 Å². The van der Waals surface area contributed by atoms with Crippen LogP contribution in [0.3, 0.4) is 0 Å². The van der Waals surface area contributed by atoms with Gasteiger partial charge in [-0.2, -0.15) is 0 Å². The van der Waals surface area contributed by atoms with Crippen LogP contribution in [0.4, 0.5) is 13.2 Å². The van der Waals surface area contributed by atoms with E-state index in [0.717, 1.165) is 12.1 Å². The van der Waals surface area contributed by atoms with E-state index in [1.54, 1.807) is 19.9 Å². The Bertz CT molecular complexity index is 848. The largest absolute Gasteiger partial charge is 0.355 e. The lowest BCUT2D eigenvalue weighted by Gasteiger charge is -2.35. The molecule has 146 valence electrons. The average Bonchev–Trinajstić information content (AvgIpc) is 2.58. The van der Waals surface area contributed by atoms with E-state index >= 15 is 0 Å². The van der Waals surface area contributed by atoms with Crippen LogP contribution in [-0.4, -0.2) is 11.8 Å². The van der Waals surface area contributed by atoms with Crippen LogP contribution in [0.2, 0.25) is 0 Å². The second-order valence-corrected chi connectivity index (χ2v) is 6.46. The second-order valence-electron chi connectivity index (χ2n) is 6.46. The van der Waals surface area contributed by atoms with Gasteiger partial charge in [0.15, 0.2) is 0 Å². The van der Waals surface area contributed by atoms with Crippen LogP contribution in [0.25, 0.3) is 0 Å². The highest BCUT2D eigenvalue weighted by atomic mass is 19.1. The van der Waals surface area contributed by atoms with Gasteiger partial charge in [0, 0.05) is 20.1 Å². The van der Waals surface area contributed by atoms with Gasteiger partial charge in [-0.1, -0.05) is 11.6 Å². The third-order valence-electron chi connectivity index (χ3n) is 4.63. The fourth-order valence-electron chi connectivity index (χ4n) is 3.23. The normalized spacial score (nSPS) is 21.4. The molecule has 0 aromatic heterocycles. The minimum absolute atomic E-state index is 0. The van der Waals surface area contributed by atoms with Crippen molar-refractivity contribution in [3.8, 4) is 0 Å². The molecule has 8 heteroatoms. The zero-order valence-corrected chi connectivity index (χ0v) is 14.7. The SMILES string of the molecule is CC1=C(CC(=O)N[C@@H](C)c2ccc(F)cc2F)C(=O)N[C]2C=CN[C](F)C21.[HH].[HH]. The van der Waals surface area contributed by atoms with Crippen molar-refractivity contribution in [2.24, 2.45) is 5.92 Å². The van der Waals surface area contributed by atoms with Crippen molar-refractivity contribution < 1.29 is 25.6 Å². The lowest BCUT2D eigenvalue weighted by molar-refractivity contribution is -0.124. The Morgan fingerprint density at radius 1 is 1.33 bits per heavy atom. The predicted octanol–water partition coefficient (Wildman–Crippen LogP) is 3.19. The molecule has 0 fully saturated rings. The number of hydrogen-bond acceptors (Lipinski definition) is 3. The molecule has 2 amide bonds. The van der Waals surface area contributed by atoms with Gasteiger partial charge in [-0.25, -0.2) is 13.2 Å². The van der Waals surface area contributed by atoms with E-state index in [9.17, 15) is 22.8 Å².